The van der Waals surface area contributed by atoms with Gasteiger partial charge in [-0.2, -0.15) is 4.31 Å². The molecule has 122 valence electrons. The van der Waals surface area contributed by atoms with Gasteiger partial charge >= 0.3 is 0 Å². The summed E-state index contributed by atoms with van der Waals surface area (Å²) in [7, 11) is -3.55. The first-order chi connectivity index (χ1) is 10.8. The Morgan fingerprint density at radius 3 is 2.61 bits per heavy atom. The Kier molecular flexibility index (Phi) is 4.45. The van der Waals surface area contributed by atoms with E-state index in [-0.39, 0.29) is 6.04 Å². The van der Waals surface area contributed by atoms with Crippen molar-refractivity contribution in [3.05, 3.63) is 63.1 Å². The van der Waals surface area contributed by atoms with Crippen molar-refractivity contribution in [3.63, 3.8) is 0 Å². The largest absolute Gasteiger partial charge is 0.243 e. The SMILES string of the molecule is Cc1cccc(S(=O)(=O)N2CCc3c(Cl)cc(Cl)cc3C2C)c1. The summed E-state index contributed by atoms with van der Waals surface area (Å²) >= 11 is 12.4. The summed E-state index contributed by atoms with van der Waals surface area (Å²) in [6.45, 7) is 4.16. The van der Waals surface area contributed by atoms with E-state index in [0.29, 0.717) is 27.9 Å². The average molecular weight is 370 g/mol. The number of halogens is 2. The number of aryl methyl sites for hydroxylation is 1. The van der Waals surface area contributed by atoms with Crippen molar-refractivity contribution < 1.29 is 8.42 Å². The third-order valence-electron chi connectivity index (χ3n) is 4.26. The van der Waals surface area contributed by atoms with Crippen LogP contribution in [0.5, 0.6) is 0 Å². The molecule has 3 rings (SSSR count). The van der Waals surface area contributed by atoms with Crippen LogP contribution >= 0.6 is 23.2 Å². The van der Waals surface area contributed by atoms with Gasteiger partial charge in [0.15, 0.2) is 0 Å². The fraction of sp³-hybridized carbons (Fsp3) is 0.294. The predicted molar refractivity (Wildman–Crippen MR) is 93.7 cm³/mol. The molecule has 1 aliphatic heterocycles. The molecule has 1 unspecified atom stereocenters. The minimum atomic E-state index is -3.55. The number of sulfonamides is 1. The number of benzene rings is 2. The van der Waals surface area contributed by atoms with Crippen LogP contribution in [-0.2, 0) is 16.4 Å². The van der Waals surface area contributed by atoms with Crippen LogP contribution in [0.15, 0.2) is 41.3 Å². The molecule has 0 bridgehead atoms. The van der Waals surface area contributed by atoms with Crippen LogP contribution in [0.25, 0.3) is 0 Å². The van der Waals surface area contributed by atoms with Gasteiger partial charge in [-0.15, -0.1) is 0 Å². The van der Waals surface area contributed by atoms with Crippen molar-refractivity contribution in [2.45, 2.75) is 31.2 Å². The molecule has 0 amide bonds. The van der Waals surface area contributed by atoms with Gasteiger partial charge in [0, 0.05) is 22.6 Å². The molecule has 2 aromatic carbocycles. The molecule has 0 N–H and O–H groups in total. The number of hydrogen-bond acceptors (Lipinski definition) is 2. The van der Waals surface area contributed by atoms with Gasteiger partial charge < -0.3 is 0 Å². The smallest absolute Gasteiger partial charge is 0.207 e. The molecule has 0 saturated carbocycles. The first kappa shape index (κ1) is 16.8. The van der Waals surface area contributed by atoms with Gasteiger partial charge in [0.25, 0.3) is 0 Å². The zero-order valence-corrected chi connectivity index (χ0v) is 15.2. The van der Waals surface area contributed by atoms with Gasteiger partial charge in [-0.25, -0.2) is 8.42 Å². The minimum Gasteiger partial charge on any atom is -0.207 e. The highest BCUT2D eigenvalue weighted by Gasteiger charge is 2.34. The van der Waals surface area contributed by atoms with E-state index in [0.717, 1.165) is 16.7 Å². The maximum atomic E-state index is 13.0. The Morgan fingerprint density at radius 1 is 1.17 bits per heavy atom. The van der Waals surface area contributed by atoms with E-state index < -0.39 is 10.0 Å². The Balaban J connectivity index is 2.05. The van der Waals surface area contributed by atoms with E-state index in [1.807, 2.05) is 26.0 Å². The van der Waals surface area contributed by atoms with Gasteiger partial charge in [-0.05, 0) is 61.2 Å². The van der Waals surface area contributed by atoms with E-state index in [1.54, 1.807) is 24.3 Å². The standard InChI is InChI=1S/C17H17Cl2NO2S/c1-11-4-3-5-14(8-11)23(21,22)20-7-6-15-16(12(20)2)9-13(18)10-17(15)19/h3-5,8-10,12H,6-7H2,1-2H3. The Labute approximate surface area is 146 Å². The lowest BCUT2D eigenvalue weighted by molar-refractivity contribution is 0.326. The third-order valence-corrected chi connectivity index (χ3v) is 6.78. The van der Waals surface area contributed by atoms with Crippen molar-refractivity contribution in [1.29, 1.82) is 0 Å². The van der Waals surface area contributed by atoms with Crippen LogP contribution < -0.4 is 0 Å². The van der Waals surface area contributed by atoms with Crippen molar-refractivity contribution in [2.75, 3.05) is 6.54 Å². The van der Waals surface area contributed by atoms with E-state index in [2.05, 4.69) is 0 Å². The molecule has 6 heteroatoms. The summed E-state index contributed by atoms with van der Waals surface area (Å²) in [6.07, 6.45) is 0.584. The maximum Gasteiger partial charge on any atom is 0.243 e. The number of nitrogens with zero attached hydrogens (tertiary/aromatic N) is 1. The monoisotopic (exact) mass is 369 g/mol. The number of fused-ring (bicyclic) bond motifs is 1. The maximum absolute atomic E-state index is 13.0. The molecule has 1 aliphatic rings. The van der Waals surface area contributed by atoms with Gasteiger partial charge in [0.2, 0.25) is 10.0 Å². The topological polar surface area (TPSA) is 37.4 Å². The van der Waals surface area contributed by atoms with Gasteiger partial charge in [-0.3, -0.25) is 0 Å². The van der Waals surface area contributed by atoms with Crippen LogP contribution in [0.2, 0.25) is 10.0 Å². The lowest BCUT2D eigenvalue weighted by Gasteiger charge is -2.34. The summed E-state index contributed by atoms with van der Waals surface area (Å²) in [5.41, 5.74) is 2.78. The Morgan fingerprint density at radius 2 is 1.91 bits per heavy atom. The molecule has 0 aromatic heterocycles. The summed E-state index contributed by atoms with van der Waals surface area (Å²) < 4.78 is 27.5. The fourth-order valence-electron chi connectivity index (χ4n) is 3.07. The lowest BCUT2D eigenvalue weighted by atomic mass is 9.95. The highest BCUT2D eigenvalue weighted by Crippen LogP contribution is 2.38. The van der Waals surface area contributed by atoms with Gasteiger partial charge in [0.1, 0.15) is 0 Å². The second kappa shape index (κ2) is 6.10. The molecular formula is C17H17Cl2NO2S. The van der Waals surface area contributed by atoms with Crippen molar-refractivity contribution in [1.82, 2.24) is 4.31 Å². The molecule has 0 aliphatic carbocycles. The normalized spacial score (nSPS) is 18.7. The van der Waals surface area contributed by atoms with E-state index >= 15 is 0 Å². The van der Waals surface area contributed by atoms with Gasteiger partial charge in [0.05, 0.1) is 4.90 Å². The third kappa shape index (κ3) is 3.01. The summed E-state index contributed by atoms with van der Waals surface area (Å²) in [5.74, 6) is 0. The first-order valence-corrected chi connectivity index (χ1v) is 9.56. The zero-order valence-electron chi connectivity index (χ0n) is 12.9. The average Bonchev–Trinajstić information content (AvgIpc) is 2.48. The Hall–Kier alpha value is -1.07. The van der Waals surface area contributed by atoms with Crippen molar-refractivity contribution in [2.24, 2.45) is 0 Å². The summed E-state index contributed by atoms with van der Waals surface area (Å²) in [4.78, 5) is 0.320. The van der Waals surface area contributed by atoms with Crippen LogP contribution in [0.3, 0.4) is 0 Å². The fourth-order valence-corrected chi connectivity index (χ4v) is 5.39. The molecule has 0 saturated heterocycles. The zero-order chi connectivity index (χ0) is 16.8. The van der Waals surface area contributed by atoms with Crippen molar-refractivity contribution in [3.8, 4) is 0 Å². The molecule has 23 heavy (non-hydrogen) atoms. The second-order valence-corrected chi connectivity index (χ2v) is 8.55. The molecular weight excluding hydrogens is 353 g/mol. The number of hydrogen-bond donors (Lipinski definition) is 0. The molecule has 0 fully saturated rings. The van der Waals surface area contributed by atoms with Crippen LogP contribution in [0.4, 0.5) is 0 Å². The first-order valence-electron chi connectivity index (χ1n) is 7.37. The number of rotatable bonds is 2. The molecule has 3 nitrogen and oxygen atoms in total. The molecule has 1 heterocycles. The summed E-state index contributed by atoms with van der Waals surface area (Å²) in [6, 6.07) is 10.2. The predicted octanol–water partition coefficient (Wildman–Crippen LogP) is 4.61. The van der Waals surface area contributed by atoms with E-state index in [9.17, 15) is 8.42 Å². The quantitative estimate of drug-likeness (QED) is 0.774. The Bertz CT molecular complexity index is 865. The highest BCUT2D eigenvalue weighted by molar-refractivity contribution is 7.89. The molecule has 0 radical (unpaired) electrons. The molecule has 1 atom stereocenters. The summed E-state index contributed by atoms with van der Waals surface area (Å²) in [5, 5.41) is 1.13. The molecule has 2 aromatic rings. The van der Waals surface area contributed by atoms with E-state index in [1.165, 1.54) is 4.31 Å². The minimum absolute atomic E-state index is 0.305. The van der Waals surface area contributed by atoms with E-state index in [4.69, 9.17) is 23.2 Å². The molecule has 0 spiro atoms. The van der Waals surface area contributed by atoms with Crippen LogP contribution in [0, 0.1) is 6.92 Å². The van der Waals surface area contributed by atoms with Crippen LogP contribution in [-0.4, -0.2) is 19.3 Å². The second-order valence-electron chi connectivity index (χ2n) is 5.81. The lowest BCUT2D eigenvalue weighted by Crippen LogP contribution is -2.39. The highest BCUT2D eigenvalue weighted by atomic mass is 35.5. The van der Waals surface area contributed by atoms with Crippen LogP contribution in [0.1, 0.15) is 29.7 Å². The van der Waals surface area contributed by atoms with Crippen molar-refractivity contribution >= 4 is 33.2 Å². The van der Waals surface area contributed by atoms with Gasteiger partial charge in [-0.1, -0.05) is 35.3 Å².